The van der Waals surface area contributed by atoms with Gasteiger partial charge >= 0.3 is 0 Å². The van der Waals surface area contributed by atoms with Crippen molar-refractivity contribution in [1.82, 2.24) is 15.1 Å². The number of aromatic nitrogens is 2. The van der Waals surface area contributed by atoms with Gasteiger partial charge in [0.25, 0.3) is 0 Å². The van der Waals surface area contributed by atoms with E-state index in [1.165, 1.54) is 75.6 Å². The van der Waals surface area contributed by atoms with Crippen LogP contribution in [-0.2, 0) is 17.6 Å². The SMILES string of the molecule is CC1=C2CC3C(CCC4Cc5[nH]ncc5CC43C)C2CCC2(C1)OC1CC(C)CN(C)C1C2C. The molecule has 6 aliphatic rings. The number of fused-ring (bicyclic) bond motifs is 7. The van der Waals surface area contributed by atoms with E-state index in [9.17, 15) is 0 Å². The molecule has 0 amide bonds. The summed E-state index contributed by atoms with van der Waals surface area (Å²) in [4.78, 5) is 2.64. The summed E-state index contributed by atoms with van der Waals surface area (Å²) in [5.74, 6) is 4.76. The van der Waals surface area contributed by atoms with Crippen molar-refractivity contribution >= 4 is 0 Å². The molecule has 0 radical (unpaired) electrons. The number of aromatic amines is 1. The minimum atomic E-state index is 0.0716. The Morgan fingerprint density at radius 2 is 2.00 bits per heavy atom. The number of H-pyrrole nitrogens is 1. The average Bonchev–Trinajstić information content (AvgIpc) is 3.42. The first-order valence-electron chi connectivity index (χ1n) is 14.4. The van der Waals surface area contributed by atoms with E-state index in [2.05, 4.69) is 56.0 Å². The van der Waals surface area contributed by atoms with Gasteiger partial charge in [0.2, 0.25) is 0 Å². The van der Waals surface area contributed by atoms with Crippen LogP contribution in [0, 0.1) is 40.9 Å². The molecule has 0 bridgehead atoms. The van der Waals surface area contributed by atoms with Gasteiger partial charge in [-0.05, 0) is 112 Å². The Labute approximate surface area is 206 Å². The van der Waals surface area contributed by atoms with E-state index in [0.717, 1.165) is 29.6 Å². The van der Waals surface area contributed by atoms with Gasteiger partial charge < -0.3 is 9.64 Å². The highest BCUT2D eigenvalue weighted by Crippen LogP contribution is 2.64. The minimum absolute atomic E-state index is 0.0716. The molecule has 1 aromatic rings. The molecule has 4 fully saturated rings. The molecule has 4 heteroatoms. The largest absolute Gasteiger partial charge is 0.369 e. The summed E-state index contributed by atoms with van der Waals surface area (Å²) in [5.41, 5.74) is 7.02. The first-order chi connectivity index (χ1) is 16.3. The molecule has 1 N–H and O–H groups in total. The maximum Gasteiger partial charge on any atom is 0.0765 e. The van der Waals surface area contributed by atoms with Gasteiger partial charge in [0.15, 0.2) is 0 Å². The highest BCUT2D eigenvalue weighted by molar-refractivity contribution is 5.32. The number of ether oxygens (including phenoxy) is 1. The van der Waals surface area contributed by atoms with Gasteiger partial charge in [-0.15, -0.1) is 0 Å². The Morgan fingerprint density at radius 1 is 1.15 bits per heavy atom. The van der Waals surface area contributed by atoms with E-state index >= 15 is 0 Å². The summed E-state index contributed by atoms with van der Waals surface area (Å²) in [6.07, 6.45) is 14.3. The maximum absolute atomic E-state index is 7.15. The third-order valence-electron chi connectivity index (χ3n) is 12.2. The van der Waals surface area contributed by atoms with Crippen LogP contribution in [0.1, 0.15) is 83.9 Å². The smallest absolute Gasteiger partial charge is 0.0765 e. The Hall–Kier alpha value is -1.13. The van der Waals surface area contributed by atoms with Crippen molar-refractivity contribution < 1.29 is 4.74 Å². The molecule has 10 atom stereocenters. The lowest BCUT2D eigenvalue weighted by Gasteiger charge is -2.52. The number of hydrogen-bond acceptors (Lipinski definition) is 3. The number of rotatable bonds is 0. The Kier molecular flexibility index (Phi) is 4.84. The first kappa shape index (κ1) is 22.1. The van der Waals surface area contributed by atoms with E-state index in [1.807, 2.05) is 5.57 Å². The second-order valence-electron chi connectivity index (χ2n) is 13.9. The van der Waals surface area contributed by atoms with Crippen molar-refractivity contribution in [2.45, 2.75) is 103 Å². The molecule has 0 aromatic carbocycles. The molecular weight excluding hydrogens is 418 g/mol. The van der Waals surface area contributed by atoms with Crippen LogP contribution in [0.25, 0.3) is 0 Å². The minimum Gasteiger partial charge on any atom is -0.369 e. The normalized spacial score (nSPS) is 50.4. The number of nitrogens with one attached hydrogen (secondary N) is 1. The molecule has 1 spiro atoms. The first-order valence-corrected chi connectivity index (χ1v) is 14.4. The van der Waals surface area contributed by atoms with Crippen LogP contribution in [0.2, 0.25) is 0 Å². The van der Waals surface area contributed by atoms with Gasteiger partial charge in [0, 0.05) is 24.2 Å². The van der Waals surface area contributed by atoms with Crippen LogP contribution in [0.3, 0.4) is 0 Å². The lowest BCUT2D eigenvalue weighted by Crippen LogP contribution is -2.49. The molecule has 10 unspecified atom stereocenters. The summed E-state index contributed by atoms with van der Waals surface area (Å²) in [5, 5.41) is 7.73. The molecule has 1 aromatic heterocycles. The predicted molar refractivity (Wildman–Crippen MR) is 135 cm³/mol. The Bertz CT molecular complexity index is 1010. The number of likely N-dealkylation sites (N-methyl/N-ethyl adjacent to an activating group) is 1. The van der Waals surface area contributed by atoms with Crippen LogP contribution in [0.15, 0.2) is 17.3 Å². The number of piperidine rings is 1. The molecule has 34 heavy (non-hydrogen) atoms. The van der Waals surface area contributed by atoms with Crippen molar-refractivity contribution in [3.8, 4) is 0 Å². The van der Waals surface area contributed by atoms with Gasteiger partial charge in [-0.1, -0.05) is 31.9 Å². The number of allylic oxidation sites excluding steroid dienone is 1. The third kappa shape index (κ3) is 2.94. The maximum atomic E-state index is 7.15. The third-order valence-corrected chi connectivity index (χ3v) is 12.2. The van der Waals surface area contributed by atoms with Crippen molar-refractivity contribution in [2.75, 3.05) is 13.6 Å². The van der Waals surface area contributed by atoms with E-state index in [4.69, 9.17) is 4.74 Å². The van der Waals surface area contributed by atoms with Crippen LogP contribution < -0.4 is 0 Å². The van der Waals surface area contributed by atoms with Gasteiger partial charge in [0.05, 0.1) is 17.9 Å². The van der Waals surface area contributed by atoms with Crippen molar-refractivity contribution in [3.63, 3.8) is 0 Å². The highest BCUT2D eigenvalue weighted by Gasteiger charge is 2.60. The fraction of sp³-hybridized carbons (Fsp3) is 0.833. The number of likely N-dealkylation sites (tertiary alicyclic amines) is 1. The Morgan fingerprint density at radius 3 is 2.85 bits per heavy atom. The summed E-state index contributed by atoms with van der Waals surface area (Å²) < 4.78 is 7.15. The van der Waals surface area contributed by atoms with Gasteiger partial charge in [-0.25, -0.2) is 0 Å². The molecule has 2 aliphatic heterocycles. The molecule has 4 aliphatic carbocycles. The van der Waals surface area contributed by atoms with E-state index in [1.54, 1.807) is 5.57 Å². The average molecular weight is 464 g/mol. The monoisotopic (exact) mass is 463 g/mol. The van der Waals surface area contributed by atoms with Crippen molar-refractivity contribution in [1.29, 1.82) is 0 Å². The molecule has 2 saturated heterocycles. The van der Waals surface area contributed by atoms with E-state index < -0.39 is 0 Å². The highest BCUT2D eigenvalue weighted by atomic mass is 16.5. The molecule has 4 nitrogen and oxygen atoms in total. The topological polar surface area (TPSA) is 41.1 Å². The quantitative estimate of drug-likeness (QED) is 0.495. The van der Waals surface area contributed by atoms with Crippen LogP contribution >= 0.6 is 0 Å². The van der Waals surface area contributed by atoms with Gasteiger partial charge in [-0.3, -0.25) is 5.10 Å². The zero-order chi connectivity index (χ0) is 23.4. The fourth-order valence-corrected chi connectivity index (χ4v) is 10.6. The van der Waals surface area contributed by atoms with Gasteiger partial charge in [0.1, 0.15) is 0 Å². The van der Waals surface area contributed by atoms with Crippen LogP contribution in [0.4, 0.5) is 0 Å². The summed E-state index contributed by atoms with van der Waals surface area (Å²) in [7, 11) is 2.35. The van der Waals surface area contributed by atoms with Crippen molar-refractivity contribution in [3.05, 3.63) is 28.6 Å². The fourth-order valence-electron chi connectivity index (χ4n) is 10.6. The van der Waals surface area contributed by atoms with Crippen molar-refractivity contribution in [2.24, 2.45) is 40.9 Å². The number of nitrogens with zero attached hydrogens (tertiary/aromatic N) is 2. The van der Waals surface area contributed by atoms with E-state index in [-0.39, 0.29) is 5.60 Å². The zero-order valence-electron chi connectivity index (χ0n) is 22.1. The second-order valence-corrected chi connectivity index (χ2v) is 13.9. The van der Waals surface area contributed by atoms with Crippen LogP contribution in [0.5, 0.6) is 0 Å². The molecule has 3 heterocycles. The van der Waals surface area contributed by atoms with Crippen LogP contribution in [-0.4, -0.2) is 46.4 Å². The lowest BCUT2D eigenvalue weighted by molar-refractivity contribution is -0.0787. The molecular formula is C30H45N3O. The second kappa shape index (κ2) is 7.44. The zero-order valence-corrected chi connectivity index (χ0v) is 22.1. The number of hydrogen-bond donors (Lipinski definition) is 1. The standard InChI is InChI=1S/C30H45N3O/c1-17-10-27-28(33(5)16-17)19(3)30(34-27)9-8-22-23-7-6-21-11-26-20(15-31-32-26)14-29(21,4)25(23)12-24(22)18(2)13-30/h15,17,19,21-23,25,27-28H,6-14,16H2,1-5H3,(H,31,32). The predicted octanol–water partition coefficient (Wildman–Crippen LogP) is 5.79. The van der Waals surface area contributed by atoms with E-state index in [0.29, 0.717) is 23.5 Å². The summed E-state index contributed by atoms with van der Waals surface area (Å²) in [6, 6.07) is 0.612. The summed E-state index contributed by atoms with van der Waals surface area (Å²) >= 11 is 0. The molecule has 186 valence electrons. The summed E-state index contributed by atoms with van der Waals surface area (Å²) in [6.45, 7) is 11.3. The lowest BCUT2D eigenvalue weighted by atomic mass is 9.52. The molecule has 2 saturated carbocycles. The Balaban J connectivity index is 1.19. The molecule has 7 rings (SSSR count). The van der Waals surface area contributed by atoms with Gasteiger partial charge in [-0.2, -0.15) is 5.10 Å².